The molecule has 0 aliphatic rings. The fraction of sp³-hybridized carbons (Fsp3) is 0.182. The molecule has 24 nitrogen and oxygen atoms in total. The Morgan fingerprint density at radius 1 is 0.639 bits per heavy atom. The number of benzene rings is 4. The van der Waals surface area contributed by atoms with Gasteiger partial charge in [0.1, 0.15) is 17.2 Å². The second-order valence-electron chi connectivity index (χ2n) is 12.3. The molecule has 61 heavy (non-hydrogen) atoms. The van der Waals surface area contributed by atoms with Crippen molar-refractivity contribution in [2.45, 2.75) is 28.5 Å². The summed E-state index contributed by atoms with van der Waals surface area (Å²) in [4.78, 5) is 11.9. The summed E-state index contributed by atoms with van der Waals surface area (Å²) in [5, 5.41) is 22.8. The standard InChI is InChI=1S/C33H34N10O14S4/c1-20(59(47,48)49)34-31-37-32(35-21-10-13-28(29(18-21)56-2)43-42-23-7-4-9-26(17-23)61(53,54)55)39-33(38-31)36-27-12-11-24(19-30(27)57-14-5-15-58(44,45)46)41-40-22-6-3-8-25(16-22)60(50,51)52/h3-4,6-13,16-20H,5,14-15H2,1-2H3,(H,44,45,46)(H,47,48,49)(H,50,51,52)(H,53,54,55)(H3,34,35,36,37,38,39). The summed E-state index contributed by atoms with van der Waals surface area (Å²) in [6.45, 7) is 0.893. The monoisotopic (exact) mass is 922 g/mol. The summed E-state index contributed by atoms with van der Waals surface area (Å²) in [6, 6.07) is 18.8. The quantitative estimate of drug-likeness (QED) is 0.0284. The topological polar surface area (TPSA) is 360 Å². The number of rotatable bonds is 19. The fourth-order valence-electron chi connectivity index (χ4n) is 4.75. The summed E-state index contributed by atoms with van der Waals surface area (Å²) in [6.07, 6.45) is -0.140. The van der Waals surface area contributed by atoms with Crippen molar-refractivity contribution < 1.29 is 61.4 Å². The van der Waals surface area contributed by atoms with Crippen LogP contribution in [0.15, 0.2) is 115 Å². The maximum atomic E-state index is 11.9. The molecule has 1 heterocycles. The van der Waals surface area contributed by atoms with Gasteiger partial charge in [-0.15, -0.1) is 5.11 Å². The van der Waals surface area contributed by atoms with Crippen molar-refractivity contribution >= 4 is 92.4 Å². The average molecular weight is 923 g/mol. The predicted octanol–water partition coefficient (Wildman–Crippen LogP) is 5.99. The van der Waals surface area contributed by atoms with Gasteiger partial charge in [0.25, 0.3) is 40.5 Å². The van der Waals surface area contributed by atoms with Gasteiger partial charge in [-0.3, -0.25) is 18.2 Å². The molecular weight excluding hydrogens is 889 g/mol. The van der Waals surface area contributed by atoms with Gasteiger partial charge in [-0.2, -0.15) is 64.0 Å². The van der Waals surface area contributed by atoms with E-state index < -0.39 is 56.5 Å². The van der Waals surface area contributed by atoms with E-state index in [4.69, 9.17) is 14.0 Å². The van der Waals surface area contributed by atoms with Gasteiger partial charge in [0.05, 0.1) is 52.0 Å². The number of nitrogens with zero attached hydrogens (tertiary/aromatic N) is 7. The van der Waals surface area contributed by atoms with Crippen LogP contribution in [-0.4, -0.2) is 91.7 Å². The first kappa shape index (κ1) is 45.8. The van der Waals surface area contributed by atoms with Crippen LogP contribution >= 0.6 is 0 Å². The summed E-state index contributed by atoms with van der Waals surface area (Å²) in [5.41, 5.74) is 0.972. The van der Waals surface area contributed by atoms with Crippen LogP contribution in [0.4, 0.5) is 52.0 Å². The van der Waals surface area contributed by atoms with E-state index in [0.717, 1.165) is 25.1 Å². The third-order valence-electron chi connectivity index (χ3n) is 7.65. The molecule has 0 amide bonds. The van der Waals surface area contributed by atoms with Crippen molar-refractivity contribution in [3.63, 3.8) is 0 Å². The normalized spacial score (nSPS) is 13.0. The molecular formula is C33H34N10O14S4. The van der Waals surface area contributed by atoms with Gasteiger partial charge in [-0.1, -0.05) is 12.1 Å². The van der Waals surface area contributed by atoms with Gasteiger partial charge >= 0.3 is 0 Å². The first-order chi connectivity index (χ1) is 28.6. The van der Waals surface area contributed by atoms with Crippen molar-refractivity contribution in [3.8, 4) is 11.5 Å². The van der Waals surface area contributed by atoms with Crippen LogP contribution in [-0.2, 0) is 40.5 Å². The number of azo groups is 2. The van der Waals surface area contributed by atoms with E-state index in [-0.39, 0.29) is 75.7 Å². The summed E-state index contributed by atoms with van der Waals surface area (Å²) < 4.78 is 141. The van der Waals surface area contributed by atoms with Crippen LogP contribution in [0.25, 0.3) is 0 Å². The molecule has 5 aromatic rings. The molecule has 0 aliphatic carbocycles. The Morgan fingerprint density at radius 3 is 1.75 bits per heavy atom. The van der Waals surface area contributed by atoms with Crippen molar-refractivity contribution in [2.75, 3.05) is 35.4 Å². The summed E-state index contributed by atoms with van der Waals surface area (Å²) in [5.74, 6) is -1.19. The molecule has 0 aliphatic heterocycles. The van der Waals surface area contributed by atoms with E-state index in [9.17, 15) is 47.3 Å². The Kier molecular flexibility index (Phi) is 14.2. The molecule has 324 valence electrons. The summed E-state index contributed by atoms with van der Waals surface area (Å²) >= 11 is 0. The smallest absolute Gasteiger partial charge is 0.294 e. The maximum absolute atomic E-state index is 11.9. The van der Waals surface area contributed by atoms with E-state index in [1.165, 1.54) is 73.8 Å². The lowest BCUT2D eigenvalue weighted by atomic mass is 10.2. The molecule has 5 rings (SSSR count). The van der Waals surface area contributed by atoms with Gasteiger partial charge in [-0.25, -0.2) is 0 Å². The zero-order valence-electron chi connectivity index (χ0n) is 31.4. The number of ether oxygens (including phenoxy) is 2. The first-order valence-electron chi connectivity index (χ1n) is 17.0. The maximum Gasteiger partial charge on any atom is 0.294 e. The first-order valence-corrected chi connectivity index (χ1v) is 23.0. The van der Waals surface area contributed by atoms with Gasteiger partial charge in [0.15, 0.2) is 5.37 Å². The van der Waals surface area contributed by atoms with Gasteiger partial charge in [0.2, 0.25) is 17.8 Å². The fourth-order valence-corrected chi connectivity index (χ4v) is 6.53. The molecule has 28 heteroatoms. The van der Waals surface area contributed by atoms with E-state index >= 15 is 0 Å². The molecule has 0 spiro atoms. The molecule has 0 bridgehead atoms. The highest BCUT2D eigenvalue weighted by atomic mass is 32.2. The van der Waals surface area contributed by atoms with Crippen molar-refractivity contribution in [1.29, 1.82) is 0 Å². The zero-order chi connectivity index (χ0) is 44.6. The minimum Gasteiger partial charge on any atom is -0.494 e. The highest BCUT2D eigenvalue weighted by Gasteiger charge is 2.20. The lowest BCUT2D eigenvalue weighted by molar-refractivity contribution is 0.317. The van der Waals surface area contributed by atoms with Crippen LogP contribution in [0.3, 0.4) is 0 Å². The Hall–Kier alpha value is -6.27. The third kappa shape index (κ3) is 13.9. The van der Waals surface area contributed by atoms with Crippen molar-refractivity contribution in [3.05, 3.63) is 84.9 Å². The van der Waals surface area contributed by atoms with Crippen molar-refractivity contribution in [2.24, 2.45) is 20.5 Å². The molecule has 1 unspecified atom stereocenters. The Morgan fingerprint density at radius 2 is 1.20 bits per heavy atom. The Labute approximate surface area is 348 Å². The highest BCUT2D eigenvalue weighted by Crippen LogP contribution is 2.35. The van der Waals surface area contributed by atoms with Crippen LogP contribution in [0.1, 0.15) is 13.3 Å². The van der Waals surface area contributed by atoms with Crippen LogP contribution in [0.2, 0.25) is 0 Å². The third-order valence-corrected chi connectivity index (χ3v) is 11.2. The van der Waals surface area contributed by atoms with Crippen LogP contribution < -0.4 is 25.4 Å². The number of hydrogen-bond donors (Lipinski definition) is 7. The van der Waals surface area contributed by atoms with Gasteiger partial charge < -0.3 is 25.4 Å². The largest absolute Gasteiger partial charge is 0.494 e. The highest BCUT2D eigenvalue weighted by molar-refractivity contribution is 7.86. The molecule has 0 radical (unpaired) electrons. The second kappa shape index (κ2) is 19.0. The van der Waals surface area contributed by atoms with Gasteiger partial charge in [-0.05, 0) is 74.0 Å². The number of methoxy groups -OCH3 is 1. The van der Waals surface area contributed by atoms with Gasteiger partial charge in [0, 0.05) is 17.8 Å². The number of hydrogen-bond acceptors (Lipinski definition) is 20. The molecule has 0 fully saturated rings. The molecule has 4 aromatic carbocycles. The molecule has 1 atom stereocenters. The number of nitrogens with one attached hydrogen (secondary N) is 3. The average Bonchev–Trinajstić information content (AvgIpc) is 3.17. The Bertz CT molecular complexity index is 2940. The number of aromatic nitrogens is 3. The van der Waals surface area contributed by atoms with E-state index in [0.29, 0.717) is 5.69 Å². The molecule has 7 N–H and O–H groups in total. The van der Waals surface area contributed by atoms with E-state index in [1.807, 2.05) is 0 Å². The minimum absolute atomic E-state index is 0.0217. The Balaban J connectivity index is 1.47. The molecule has 1 aromatic heterocycles. The molecule has 0 saturated heterocycles. The second-order valence-corrected chi connectivity index (χ2v) is 18.4. The van der Waals surface area contributed by atoms with E-state index in [1.54, 1.807) is 0 Å². The minimum atomic E-state index is -4.64. The van der Waals surface area contributed by atoms with Crippen molar-refractivity contribution in [1.82, 2.24) is 15.0 Å². The molecule has 0 saturated carbocycles. The van der Waals surface area contributed by atoms with E-state index in [2.05, 4.69) is 51.4 Å². The summed E-state index contributed by atoms with van der Waals surface area (Å²) in [7, 11) is -16.6. The van der Waals surface area contributed by atoms with Crippen LogP contribution in [0.5, 0.6) is 11.5 Å². The lowest BCUT2D eigenvalue weighted by Gasteiger charge is -2.16. The van der Waals surface area contributed by atoms with Crippen LogP contribution in [0, 0.1) is 0 Å². The lowest BCUT2D eigenvalue weighted by Crippen LogP contribution is -2.27. The SMILES string of the molecule is COc1cc(Nc2nc(Nc3ccc(N=Nc4cccc(S(=O)(=O)O)c4)cc3OCCCS(=O)(=O)O)nc(NC(C)S(=O)(=O)O)n2)ccc1N=Nc1cccc(S(=O)(=O)O)c1. The predicted molar refractivity (Wildman–Crippen MR) is 218 cm³/mol. The zero-order valence-corrected chi connectivity index (χ0v) is 34.7. The number of anilines is 5.